The molecule has 0 unspecified atom stereocenters. The first-order valence-electron chi connectivity index (χ1n) is 10.2. The maximum atomic E-state index is 12.6. The molecule has 31 heavy (non-hydrogen) atoms. The minimum Gasteiger partial charge on any atom is -0.354 e. The largest absolute Gasteiger partial charge is 0.354 e. The predicted molar refractivity (Wildman–Crippen MR) is 120 cm³/mol. The number of hydrogen-bond donors (Lipinski definition) is 2. The van der Waals surface area contributed by atoms with Gasteiger partial charge in [0, 0.05) is 42.7 Å². The fourth-order valence-electron chi connectivity index (χ4n) is 3.48. The lowest BCUT2D eigenvalue weighted by Gasteiger charge is -2.30. The Morgan fingerprint density at radius 2 is 1.55 bits per heavy atom. The highest BCUT2D eigenvalue weighted by Gasteiger charge is 2.31. The third-order valence-corrected chi connectivity index (χ3v) is 7.33. The molecule has 0 aromatic heterocycles. The third-order valence-electron chi connectivity index (χ3n) is 5.23. The molecule has 0 bridgehead atoms. The number of carbonyl (C=O) groups is 2. The van der Waals surface area contributed by atoms with E-state index < -0.39 is 10.0 Å². The van der Waals surface area contributed by atoms with Crippen LogP contribution in [0.5, 0.6) is 0 Å². The normalized spacial score (nSPS) is 15.4. The SMILES string of the molecule is O=C(NCCNC(=O)C1CCN(S(=O)(=O)Cc2ccccc2)CC1)c1ccc(Cl)cc1. The molecule has 1 aliphatic rings. The Morgan fingerprint density at radius 3 is 2.19 bits per heavy atom. The average molecular weight is 464 g/mol. The summed E-state index contributed by atoms with van der Waals surface area (Å²) in [5.74, 6) is -0.600. The zero-order valence-electron chi connectivity index (χ0n) is 17.1. The van der Waals surface area contributed by atoms with E-state index in [9.17, 15) is 18.0 Å². The zero-order chi connectivity index (χ0) is 22.3. The molecule has 2 N–H and O–H groups in total. The van der Waals surface area contributed by atoms with Gasteiger partial charge in [-0.2, -0.15) is 0 Å². The summed E-state index contributed by atoms with van der Waals surface area (Å²) in [6.07, 6.45) is 0.966. The van der Waals surface area contributed by atoms with Gasteiger partial charge in [-0.3, -0.25) is 9.59 Å². The molecule has 1 saturated heterocycles. The van der Waals surface area contributed by atoms with Crippen molar-refractivity contribution < 1.29 is 18.0 Å². The van der Waals surface area contributed by atoms with E-state index in [-0.39, 0.29) is 23.5 Å². The molecule has 0 spiro atoms. The van der Waals surface area contributed by atoms with Crippen LogP contribution < -0.4 is 10.6 Å². The van der Waals surface area contributed by atoms with Crippen molar-refractivity contribution in [2.75, 3.05) is 26.2 Å². The van der Waals surface area contributed by atoms with Crippen molar-refractivity contribution in [3.63, 3.8) is 0 Å². The predicted octanol–water partition coefficient (Wildman–Crippen LogP) is 2.43. The van der Waals surface area contributed by atoms with Gasteiger partial charge in [0.05, 0.1) is 5.75 Å². The summed E-state index contributed by atoms with van der Waals surface area (Å²) < 4.78 is 26.7. The van der Waals surface area contributed by atoms with Gasteiger partial charge in [-0.1, -0.05) is 41.9 Å². The minimum atomic E-state index is -3.40. The molecule has 7 nitrogen and oxygen atoms in total. The number of nitrogens with zero attached hydrogens (tertiary/aromatic N) is 1. The summed E-state index contributed by atoms with van der Waals surface area (Å²) in [7, 11) is -3.40. The van der Waals surface area contributed by atoms with Crippen molar-refractivity contribution in [1.29, 1.82) is 0 Å². The number of carbonyl (C=O) groups excluding carboxylic acids is 2. The van der Waals surface area contributed by atoms with Gasteiger partial charge in [0.25, 0.3) is 5.91 Å². The Labute approximate surface area is 187 Å². The van der Waals surface area contributed by atoms with Gasteiger partial charge in [0.15, 0.2) is 0 Å². The van der Waals surface area contributed by atoms with Crippen molar-refractivity contribution in [1.82, 2.24) is 14.9 Å². The fourth-order valence-corrected chi connectivity index (χ4v) is 5.17. The number of piperidine rings is 1. The van der Waals surface area contributed by atoms with Gasteiger partial charge < -0.3 is 10.6 Å². The molecular formula is C22H26ClN3O4S. The van der Waals surface area contributed by atoms with Crippen LogP contribution in [0.15, 0.2) is 54.6 Å². The summed E-state index contributed by atoms with van der Waals surface area (Å²) >= 11 is 5.81. The second-order valence-electron chi connectivity index (χ2n) is 7.47. The highest BCUT2D eigenvalue weighted by atomic mass is 35.5. The van der Waals surface area contributed by atoms with E-state index in [4.69, 9.17) is 11.6 Å². The van der Waals surface area contributed by atoms with Crippen LogP contribution in [-0.2, 0) is 20.6 Å². The first-order valence-corrected chi connectivity index (χ1v) is 12.2. The summed E-state index contributed by atoms with van der Waals surface area (Å²) in [5, 5.41) is 6.12. The molecule has 9 heteroatoms. The molecule has 166 valence electrons. The lowest BCUT2D eigenvalue weighted by atomic mass is 9.97. The highest BCUT2D eigenvalue weighted by Crippen LogP contribution is 2.21. The number of halogens is 1. The Hall–Kier alpha value is -2.42. The Bertz CT molecular complexity index is 989. The van der Waals surface area contributed by atoms with Gasteiger partial charge in [-0.25, -0.2) is 12.7 Å². The van der Waals surface area contributed by atoms with E-state index in [2.05, 4.69) is 10.6 Å². The lowest BCUT2D eigenvalue weighted by Crippen LogP contribution is -2.44. The molecule has 1 fully saturated rings. The second kappa shape index (κ2) is 10.7. The van der Waals surface area contributed by atoms with Gasteiger partial charge in [-0.05, 0) is 42.7 Å². The number of sulfonamides is 1. The molecule has 1 aliphatic heterocycles. The lowest BCUT2D eigenvalue weighted by molar-refractivity contribution is -0.126. The van der Waals surface area contributed by atoms with Crippen LogP contribution in [0.2, 0.25) is 5.02 Å². The Balaban J connectivity index is 1.38. The maximum absolute atomic E-state index is 12.6. The first kappa shape index (κ1) is 23.2. The smallest absolute Gasteiger partial charge is 0.251 e. The van der Waals surface area contributed by atoms with Crippen LogP contribution in [0, 0.1) is 5.92 Å². The van der Waals surface area contributed by atoms with E-state index in [0.717, 1.165) is 5.56 Å². The van der Waals surface area contributed by atoms with Crippen LogP contribution >= 0.6 is 11.6 Å². The van der Waals surface area contributed by atoms with Crippen LogP contribution in [0.3, 0.4) is 0 Å². The van der Waals surface area contributed by atoms with Gasteiger partial charge in [-0.15, -0.1) is 0 Å². The maximum Gasteiger partial charge on any atom is 0.251 e. The fraction of sp³-hybridized carbons (Fsp3) is 0.364. The number of nitrogens with one attached hydrogen (secondary N) is 2. The molecule has 2 amide bonds. The molecule has 2 aromatic rings. The molecule has 0 saturated carbocycles. The number of hydrogen-bond acceptors (Lipinski definition) is 4. The van der Waals surface area contributed by atoms with Crippen LogP contribution in [0.25, 0.3) is 0 Å². The molecular weight excluding hydrogens is 438 g/mol. The van der Waals surface area contributed by atoms with Crippen molar-refractivity contribution >= 4 is 33.4 Å². The Kier molecular flexibility index (Phi) is 8.06. The van der Waals surface area contributed by atoms with Crippen LogP contribution in [-0.4, -0.2) is 50.7 Å². The van der Waals surface area contributed by atoms with Crippen LogP contribution in [0.1, 0.15) is 28.8 Å². The topological polar surface area (TPSA) is 95.6 Å². The molecule has 2 aromatic carbocycles. The summed E-state index contributed by atoms with van der Waals surface area (Å²) in [6, 6.07) is 15.6. The van der Waals surface area contributed by atoms with Gasteiger partial charge in [0.1, 0.15) is 0 Å². The van der Waals surface area contributed by atoms with E-state index in [1.807, 2.05) is 18.2 Å². The van der Waals surface area contributed by atoms with E-state index in [1.165, 1.54) is 4.31 Å². The van der Waals surface area contributed by atoms with Crippen molar-refractivity contribution in [2.24, 2.45) is 5.92 Å². The third kappa shape index (κ3) is 6.78. The van der Waals surface area contributed by atoms with Gasteiger partial charge in [0.2, 0.25) is 15.9 Å². The van der Waals surface area contributed by atoms with Gasteiger partial charge >= 0.3 is 0 Å². The molecule has 3 rings (SSSR count). The summed E-state index contributed by atoms with van der Waals surface area (Å²) in [5.41, 5.74) is 1.25. The van der Waals surface area contributed by atoms with Crippen molar-refractivity contribution in [3.05, 3.63) is 70.7 Å². The van der Waals surface area contributed by atoms with Crippen molar-refractivity contribution in [2.45, 2.75) is 18.6 Å². The average Bonchev–Trinajstić information content (AvgIpc) is 2.77. The molecule has 0 radical (unpaired) electrons. The standard InChI is InChI=1S/C22H26ClN3O4S/c23-20-8-6-18(7-9-20)21(27)24-12-13-25-22(28)19-10-14-26(15-11-19)31(29,30)16-17-4-2-1-3-5-17/h1-9,19H,10-16H2,(H,24,27)(H,25,28). The van der Waals surface area contributed by atoms with E-state index >= 15 is 0 Å². The van der Waals surface area contributed by atoms with Crippen LogP contribution in [0.4, 0.5) is 0 Å². The molecule has 0 aliphatic carbocycles. The second-order valence-corrected chi connectivity index (χ2v) is 9.87. The first-order chi connectivity index (χ1) is 14.8. The molecule has 0 atom stereocenters. The highest BCUT2D eigenvalue weighted by molar-refractivity contribution is 7.88. The monoisotopic (exact) mass is 463 g/mol. The number of amides is 2. The number of rotatable bonds is 8. The minimum absolute atomic E-state index is 0.0297. The quantitative estimate of drug-likeness (QED) is 0.588. The molecule has 1 heterocycles. The van der Waals surface area contributed by atoms with E-state index in [1.54, 1.807) is 36.4 Å². The van der Waals surface area contributed by atoms with E-state index in [0.29, 0.717) is 49.6 Å². The number of benzene rings is 2. The Morgan fingerprint density at radius 1 is 0.935 bits per heavy atom. The summed E-state index contributed by atoms with van der Waals surface area (Å²) in [4.78, 5) is 24.4. The van der Waals surface area contributed by atoms with Crippen molar-refractivity contribution in [3.8, 4) is 0 Å². The summed E-state index contributed by atoms with van der Waals surface area (Å²) in [6.45, 7) is 1.28. The zero-order valence-corrected chi connectivity index (χ0v) is 18.7.